The second kappa shape index (κ2) is 42.1. The van der Waals surface area contributed by atoms with Crippen LogP contribution >= 0.6 is 0 Å². The second-order valence-corrected chi connectivity index (χ2v) is 15.4. The van der Waals surface area contributed by atoms with Crippen LogP contribution in [0.2, 0.25) is 0 Å². The van der Waals surface area contributed by atoms with E-state index in [1.54, 1.807) is 0 Å². The number of nitrogens with one attached hydrogen (secondary N) is 1. The van der Waals surface area contributed by atoms with Gasteiger partial charge in [0.25, 0.3) is 0 Å². The summed E-state index contributed by atoms with van der Waals surface area (Å²) in [6, 6.07) is -0.558. The Bertz CT molecular complexity index is 813. The Morgan fingerprint density at radius 3 is 1.38 bits per heavy atom. The highest BCUT2D eigenvalue weighted by Crippen LogP contribution is 2.14. The number of aliphatic hydroxyl groups excluding tert-OH is 2. The number of ether oxygens (including phenoxy) is 1. The number of aliphatic hydroxyl groups is 2. The van der Waals surface area contributed by atoms with Crippen LogP contribution in [0.3, 0.4) is 0 Å². The SMILES string of the molecule is CCCCCC/C=C\CCCCCCCC(=O)OCCCCC/C=C\CCCCCCCC(=O)NC(CO)C(O)CCCCCCCCCCCC. The lowest BCUT2D eigenvalue weighted by molar-refractivity contribution is -0.143. The van der Waals surface area contributed by atoms with E-state index >= 15 is 0 Å². The van der Waals surface area contributed by atoms with Crippen LogP contribution in [-0.2, 0) is 14.3 Å². The van der Waals surface area contributed by atoms with Crippen molar-refractivity contribution in [3.05, 3.63) is 24.3 Å². The molecule has 0 saturated carbocycles. The molecule has 1 amide bonds. The Labute approximate surface area is 322 Å². The third-order valence-electron chi connectivity index (χ3n) is 10.2. The first-order valence-corrected chi connectivity index (χ1v) is 22.6. The molecular formula is C46H87NO5. The molecule has 2 atom stereocenters. The molecule has 0 aliphatic heterocycles. The first-order chi connectivity index (χ1) is 25.5. The molecule has 6 heteroatoms. The highest BCUT2D eigenvalue weighted by Gasteiger charge is 2.20. The molecule has 2 unspecified atom stereocenters. The summed E-state index contributed by atoms with van der Waals surface area (Å²) < 4.78 is 5.42. The first kappa shape index (κ1) is 50.3. The summed E-state index contributed by atoms with van der Waals surface area (Å²) in [6.07, 6.45) is 47.0. The number of allylic oxidation sites excluding steroid dienone is 4. The van der Waals surface area contributed by atoms with Gasteiger partial charge in [0, 0.05) is 12.8 Å². The summed E-state index contributed by atoms with van der Waals surface area (Å²) in [7, 11) is 0. The van der Waals surface area contributed by atoms with Crippen LogP contribution in [0.15, 0.2) is 24.3 Å². The van der Waals surface area contributed by atoms with Gasteiger partial charge in [0.2, 0.25) is 5.91 Å². The van der Waals surface area contributed by atoms with Gasteiger partial charge in [0.1, 0.15) is 0 Å². The van der Waals surface area contributed by atoms with Crippen LogP contribution < -0.4 is 5.32 Å². The molecule has 3 N–H and O–H groups in total. The molecule has 0 aliphatic rings. The van der Waals surface area contributed by atoms with Crippen molar-refractivity contribution in [3.8, 4) is 0 Å². The molecule has 52 heavy (non-hydrogen) atoms. The van der Waals surface area contributed by atoms with Gasteiger partial charge in [-0.2, -0.15) is 0 Å². The molecule has 0 saturated heterocycles. The molecule has 0 fully saturated rings. The highest BCUT2D eigenvalue weighted by molar-refractivity contribution is 5.76. The predicted molar refractivity (Wildman–Crippen MR) is 223 cm³/mol. The van der Waals surface area contributed by atoms with Crippen molar-refractivity contribution in [1.82, 2.24) is 5.32 Å². The maximum absolute atomic E-state index is 12.4. The van der Waals surface area contributed by atoms with Crippen LogP contribution in [0, 0.1) is 0 Å². The van der Waals surface area contributed by atoms with Gasteiger partial charge in [-0.25, -0.2) is 0 Å². The largest absolute Gasteiger partial charge is 0.466 e. The minimum atomic E-state index is -0.678. The average molecular weight is 734 g/mol. The van der Waals surface area contributed by atoms with E-state index in [0.29, 0.717) is 25.9 Å². The van der Waals surface area contributed by atoms with Crippen molar-refractivity contribution in [1.29, 1.82) is 0 Å². The molecule has 0 heterocycles. The molecule has 0 spiro atoms. The topological polar surface area (TPSA) is 95.9 Å². The zero-order valence-corrected chi connectivity index (χ0v) is 34.5. The van der Waals surface area contributed by atoms with Crippen molar-refractivity contribution >= 4 is 11.9 Å². The minimum Gasteiger partial charge on any atom is -0.466 e. The lowest BCUT2D eigenvalue weighted by Gasteiger charge is -2.22. The summed E-state index contributed by atoms with van der Waals surface area (Å²) in [6.45, 7) is 4.84. The molecule has 306 valence electrons. The summed E-state index contributed by atoms with van der Waals surface area (Å²) >= 11 is 0. The van der Waals surface area contributed by atoms with Crippen molar-refractivity contribution in [2.45, 2.75) is 244 Å². The van der Waals surface area contributed by atoms with Gasteiger partial charge in [-0.05, 0) is 83.5 Å². The van der Waals surface area contributed by atoms with Gasteiger partial charge in [-0.15, -0.1) is 0 Å². The number of hydrogen-bond donors (Lipinski definition) is 3. The van der Waals surface area contributed by atoms with Crippen molar-refractivity contribution < 1.29 is 24.5 Å². The number of rotatable bonds is 41. The number of carbonyl (C=O) groups is 2. The molecule has 0 radical (unpaired) electrons. The number of unbranched alkanes of at least 4 members (excludes halogenated alkanes) is 26. The number of carbonyl (C=O) groups excluding carboxylic acids is 2. The lowest BCUT2D eigenvalue weighted by Crippen LogP contribution is -2.45. The standard InChI is InChI=1S/C46H87NO5/c1-3-5-7-9-11-13-15-16-20-24-28-32-36-40-46(51)52-41-37-33-29-25-21-18-17-19-23-27-31-35-39-45(50)47-43(42-48)44(49)38-34-30-26-22-14-12-10-8-6-4-2/h13,15,18,21,43-44,48-49H,3-12,14,16-17,19-20,22-42H2,1-2H3,(H,47,50)/b15-13-,21-18-. The fraction of sp³-hybridized carbons (Fsp3) is 0.870. The zero-order valence-electron chi connectivity index (χ0n) is 34.5. The molecular weight excluding hydrogens is 647 g/mol. The van der Waals surface area contributed by atoms with E-state index in [9.17, 15) is 19.8 Å². The Morgan fingerprint density at radius 1 is 0.519 bits per heavy atom. The lowest BCUT2D eigenvalue weighted by atomic mass is 10.0. The van der Waals surface area contributed by atoms with E-state index in [1.807, 2.05) is 0 Å². The predicted octanol–water partition coefficient (Wildman–Crippen LogP) is 12.8. The molecule has 6 nitrogen and oxygen atoms in total. The number of amides is 1. The van der Waals surface area contributed by atoms with Gasteiger partial charge in [0.15, 0.2) is 0 Å². The van der Waals surface area contributed by atoms with Crippen LogP contribution in [0.4, 0.5) is 0 Å². The molecule has 0 aromatic heterocycles. The third-order valence-corrected chi connectivity index (χ3v) is 10.2. The first-order valence-electron chi connectivity index (χ1n) is 22.6. The van der Waals surface area contributed by atoms with Crippen molar-refractivity contribution in [3.63, 3.8) is 0 Å². The van der Waals surface area contributed by atoms with Crippen molar-refractivity contribution in [2.75, 3.05) is 13.2 Å². The van der Waals surface area contributed by atoms with E-state index in [0.717, 1.165) is 77.0 Å². The average Bonchev–Trinajstić information content (AvgIpc) is 3.14. The summed E-state index contributed by atoms with van der Waals surface area (Å²) in [4.78, 5) is 24.3. The smallest absolute Gasteiger partial charge is 0.305 e. The molecule has 0 aromatic rings. The van der Waals surface area contributed by atoms with E-state index in [-0.39, 0.29) is 18.5 Å². The molecule has 0 aromatic carbocycles. The van der Waals surface area contributed by atoms with E-state index < -0.39 is 12.1 Å². The Hall–Kier alpha value is -1.66. The highest BCUT2D eigenvalue weighted by atomic mass is 16.5. The molecule has 0 rings (SSSR count). The van der Waals surface area contributed by atoms with Crippen LogP contribution in [0.25, 0.3) is 0 Å². The third kappa shape index (κ3) is 38.1. The second-order valence-electron chi connectivity index (χ2n) is 15.4. The van der Waals surface area contributed by atoms with Crippen LogP contribution in [0.5, 0.6) is 0 Å². The summed E-state index contributed by atoms with van der Waals surface area (Å²) in [5.74, 6) is -0.0972. The van der Waals surface area contributed by atoms with Gasteiger partial charge in [0.05, 0.1) is 25.4 Å². The fourth-order valence-electron chi connectivity index (χ4n) is 6.68. The monoisotopic (exact) mass is 734 g/mol. The van der Waals surface area contributed by atoms with E-state index in [1.165, 1.54) is 122 Å². The van der Waals surface area contributed by atoms with Gasteiger partial charge >= 0.3 is 5.97 Å². The quantitative estimate of drug-likeness (QED) is 0.0330. The summed E-state index contributed by atoms with van der Waals surface area (Å²) in [5, 5.41) is 23.0. The van der Waals surface area contributed by atoms with Crippen LogP contribution in [0.1, 0.15) is 232 Å². The van der Waals surface area contributed by atoms with Gasteiger partial charge in [-0.3, -0.25) is 9.59 Å². The van der Waals surface area contributed by atoms with E-state index in [4.69, 9.17) is 4.74 Å². The summed E-state index contributed by atoms with van der Waals surface area (Å²) in [5.41, 5.74) is 0. The number of esters is 1. The minimum absolute atomic E-state index is 0.0330. The fourth-order valence-corrected chi connectivity index (χ4v) is 6.68. The Kier molecular flexibility index (Phi) is 40.7. The molecule has 0 aliphatic carbocycles. The molecule has 0 bridgehead atoms. The maximum Gasteiger partial charge on any atom is 0.305 e. The zero-order chi connectivity index (χ0) is 38.0. The maximum atomic E-state index is 12.4. The van der Waals surface area contributed by atoms with Gasteiger partial charge < -0.3 is 20.3 Å². The van der Waals surface area contributed by atoms with Gasteiger partial charge in [-0.1, -0.05) is 160 Å². The van der Waals surface area contributed by atoms with Crippen molar-refractivity contribution in [2.24, 2.45) is 0 Å². The number of hydrogen-bond acceptors (Lipinski definition) is 5. The van der Waals surface area contributed by atoms with Crippen LogP contribution in [-0.4, -0.2) is 47.4 Å². The Balaban J connectivity index is 3.52. The normalized spacial score (nSPS) is 12.9. The Morgan fingerprint density at radius 2 is 0.904 bits per heavy atom. The van der Waals surface area contributed by atoms with E-state index in [2.05, 4.69) is 43.5 Å².